The number of thiazole rings is 1. The minimum Gasteiger partial charge on any atom is -0.493 e. The normalized spacial score (nSPS) is 11.1. The number of para-hydroxylation sites is 2. The van der Waals surface area contributed by atoms with Crippen LogP contribution in [0.3, 0.4) is 0 Å². The molecule has 0 saturated heterocycles. The molecule has 0 N–H and O–H groups in total. The Hall–Kier alpha value is -3.10. The van der Waals surface area contributed by atoms with E-state index in [1.54, 1.807) is 24.1 Å². The number of aryl methyl sites for hydroxylation is 3. The number of ether oxygens (including phenoxy) is 2. The molecule has 7 nitrogen and oxygen atoms in total. The zero-order valence-electron chi connectivity index (χ0n) is 19.0. The van der Waals surface area contributed by atoms with Crippen LogP contribution < -0.4 is 14.4 Å². The van der Waals surface area contributed by atoms with Crippen LogP contribution in [0.4, 0.5) is 5.13 Å². The maximum Gasteiger partial charge on any atom is 0.266 e. The van der Waals surface area contributed by atoms with Crippen LogP contribution in [-0.4, -0.2) is 40.9 Å². The average molecular weight is 485 g/mol. The van der Waals surface area contributed by atoms with E-state index in [9.17, 15) is 4.79 Å². The summed E-state index contributed by atoms with van der Waals surface area (Å²) in [5, 5.41) is 5.77. The molecule has 172 valence electrons. The number of rotatable bonds is 8. The van der Waals surface area contributed by atoms with E-state index < -0.39 is 0 Å². The number of amides is 1. The molecule has 0 bridgehead atoms. The Labute approximate surface area is 201 Å². The molecule has 4 rings (SSSR count). The number of hydrogen-bond acceptors (Lipinski definition) is 6. The van der Waals surface area contributed by atoms with Gasteiger partial charge in [-0.05, 0) is 56.7 Å². The molecule has 4 aromatic rings. The van der Waals surface area contributed by atoms with E-state index in [0.717, 1.165) is 27.2 Å². The van der Waals surface area contributed by atoms with Gasteiger partial charge in [0, 0.05) is 17.3 Å². The number of carbonyl (C=O) groups is 1. The molecule has 0 aliphatic heterocycles. The van der Waals surface area contributed by atoms with E-state index in [0.29, 0.717) is 34.7 Å². The predicted molar refractivity (Wildman–Crippen MR) is 132 cm³/mol. The van der Waals surface area contributed by atoms with E-state index >= 15 is 0 Å². The Morgan fingerprint density at radius 2 is 1.91 bits per heavy atom. The quantitative estimate of drug-likeness (QED) is 0.344. The molecule has 2 heterocycles. The van der Waals surface area contributed by atoms with Crippen LogP contribution in [0, 0.1) is 20.8 Å². The monoisotopic (exact) mass is 484 g/mol. The van der Waals surface area contributed by atoms with Gasteiger partial charge in [0.2, 0.25) is 0 Å². The molecular formula is C24H25ClN4O3S. The molecule has 33 heavy (non-hydrogen) atoms. The van der Waals surface area contributed by atoms with Gasteiger partial charge in [0.15, 0.2) is 23.2 Å². The van der Waals surface area contributed by atoms with Gasteiger partial charge in [0.25, 0.3) is 5.91 Å². The maximum absolute atomic E-state index is 13.3. The summed E-state index contributed by atoms with van der Waals surface area (Å²) in [5.74, 6) is 0.883. The summed E-state index contributed by atoms with van der Waals surface area (Å²) in [4.78, 5) is 19.7. The third kappa shape index (κ3) is 5.12. The molecule has 2 aromatic heterocycles. The second-order valence-electron chi connectivity index (χ2n) is 7.70. The zero-order chi connectivity index (χ0) is 23.5. The molecule has 0 spiro atoms. The number of halogens is 1. The topological polar surface area (TPSA) is 69.5 Å². The first-order valence-corrected chi connectivity index (χ1v) is 11.7. The first-order chi connectivity index (χ1) is 15.9. The Balaban J connectivity index is 1.61. The van der Waals surface area contributed by atoms with E-state index in [4.69, 9.17) is 26.1 Å². The summed E-state index contributed by atoms with van der Waals surface area (Å²) in [6.07, 6.45) is 0. The number of methoxy groups -OCH3 is 1. The highest BCUT2D eigenvalue weighted by Gasteiger charge is 2.22. The Bertz CT molecular complexity index is 1300. The van der Waals surface area contributed by atoms with Crippen molar-refractivity contribution in [3.8, 4) is 11.5 Å². The Morgan fingerprint density at radius 1 is 1.15 bits per heavy atom. The molecule has 0 aliphatic carbocycles. The van der Waals surface area contributed by atoms with Crippen LogP contribution in [0.25, 0.3) is 10.2 Å². The average Bonchev–Trinajstić information content (AvgIpc) is 3.35. The smallest absolute Gasteiger partial charge is 0.266 e. The van der Waals surface area contributed by atoms with Gasteiger partial charge in [-0.15, -0.1) is 0 Å². The molecule has 9 heteroatoms. The Morgan fingerprint density at radius 3 is 2.61 bits per heavy atom. The van der Waals surface area contributed by atoms with Gasteiger partial charge in [-0.3, -0.25) is 14.4 Å². The second-order valence-corrected chi connectivity index (χ2v) is 9.15. The molecule has 2 aromatic carbocycles. The van der Waals surface area contributed by atoms with Crippen molar-refractivity contribution < 1.29 is 14.3 Å². The van der Waals surface area contributed by atoms with E-state index in [-0.39, 0.29) is 12.5 Å². The van der Waals surface area contributed by atoms with Crippen molar-refractivity contribution in [2.45, 2.75) is 27.3 Å². The number of carbonyl (C=O) groups excluding carboxylic acids is 1. The number of anilines is 1. The van der Waals surface area contributed by atoms with Crippen molar-refractivity contribution in [1.29, 1.82) is 0 Å². The van der Waals surface area contributed by atoms with Crippen molar-refractivity contribution >= 4 is 44.2 Å². The summed E-state index contributed by atoms with van der Waals surface area (Å²) in [6, 6.07) is 13.0. The molecule has 0 atom stereocenters. The number of nitrogens with zero attached hydrogens (tertiary/aromatic N) is 4. The summed E-state index contributed by atoms with van der Waals surface area (Å²) >= 11 is 7.67. The summed E-state index contributed by atoms with van der Waals surface area (Å²) in [7, 11) is 1.57. The van der Waals surface area contributed by atoms with Gasteiger partial charge in [0.1, 0.15) is 0 Å². The minimum atomic E-state index is -0.203. The van der Waals surface area contributed by atoms with Crippen molar-refractivity contribution in [3.63, 3.8) is 0 Å². The van der Waals surface area contributed by atoms with Crippen LogP contribution in [0.15, 0.2) is 42.5 Å². The molecule has 1 amide bonds. The van der Waals surface area contributed by atoms with Crippen LogP contribution in [-0.2, 0) is 11.3 Å². The van der Waals surface area contributed by atoms with Gasteiger partial charge in [-0.1, -0.05) is 35.1 Å². The fourth-order valence-electron chi connectivity index (χ4n) is 3.64. The van der Waals surface area contributed by atoms with Crippen molar-refractivity contribution in [3.05, 3.63) is 64.4 Å². The first-order valence-electron chi connectivity index (χ1n) is 10.5. The van der Waals surface area contributed by atoms with E-state index in [1.807, 2.05) is 55.8 Å². The fraction of sp³-hybridized carbons (Fsp3) is 0.292. The zero-order valence-corrected chi connectivity index (χ0v) is 20.5. The van der Waals surface area contributed by atoms with Crippen LogP contribution in [0.5, 0.6) is 11.5 Å². The molecule has 0 radical (unpaired) electrons. The third-order valence-corrected chi connectivity index (χ3v) is 6.47. The van der Waals surface area contributed by atoms with E-state index in [1.165, 1.54) is 11.3 Å². The van der Waals surface area contributed by atoms with Gasteiger partial charge in [-0.2, -0.15) is 5.10 Å². The van der Waals surface area contributed by atoms with Gasteiger partial charge >= 0.3 is 0 Å². The van der Waals surface area contributed by atoms with Crippen molar-refractivity contribution in [2.75, 3.05) is 25.2 Å². The lowest BCUT2D eigenvalue weighted by Crippen LogP contribution is -2.37. The summed E-state index contributed by atoms with van der Waals surface area (Å²) in [6.45, 7) is 6.71. The third-order valence-electron chi connectivity index (χ3n) is 5.23. The van der Waals surface area contributed by atoms with Gasteiger partial charge in [-0.25, -0.2) is 4.98 Å². The summed E-state index contributed by atoms with van der Waals surface area (Å²) < 4.78 is 14.0. The number of aromatic nitrogens is 3. The highest BCUT2D eigenvalue weighted by molar-refractivity contribution is 7.22. The van der Waals surface area contributed by atoms with E-state index in [2.05, 4.69) is 5.10 Å². The highest BCUT2D eigenvalue weighted by atomic mass is 35.5. The molecule has 0 aliphatic rings. The predicted octanol–water partition coefficient (Wildman–Crippen LogP) is 5.19. The van der Waals surface area contributed by atoms with Gasteiger partial charge in [0.05, 0.1) is 29.6 Å². The van der Waals surface area contributed by atoms with Crippen LogP contribution in [0.1, 0.15) is 17.0 Å². The fourth-order valence-corrected chi connectivity index (χ4v) is 5.10. The highest BCUT2D eigenvalue weighted by Crippen LogP contribution is 2.33. The van der Waals surface area contributed by atoms with Crippen molar-refractivity contribution in [2.24, 2.45) is 0 Å². The lowest BCUT2D eigenvalue weighted by atomic mass is 10.2. The maximum atomic E-state index is 13.3. The first kappa shape index (κ1) is 23.1. The molecular weight excluding hydrogens is 460 g/mol. The standard InChI is InChI=1S/C24H25ClN4O3S/c1-15-11-18(25)13-21-23(15)26-24(33-21)28(9-10-29-17(3)12-16(2)27-29)22(30)14-32-20-8-6-5-7-19(20)31-4/h5-8,11-13H,9-10,14H2,1-4H3. The SMILES string of the molecule is COc1ccccc1OCC(=O)N(CCn1nc(C)cc1C)c1nc2c(C)cc(Cl)cc2s1. The minimum absolute atomic E-state index is 0.146. The second kappa shape index (κ2) is 9.80. The molecule has 0 fully saturated rings. The molecule has 0 saturated carbocycles. The molecule has 0 unspecified atom stereocenters. The van der Waals surface area contributed by atoms with Gasteiger partial charge < -0.3 is 9.47 Å². The summed E-state index contributed by atoms with van der Waals surface area (Å²) in [5.41, 5.74) is 3.79. The largest absolute Gasteiger partial charge is 0.493 e. The van der Waals surface area contributed by atoms with Crippen LogP contribution in [0.2, 0.25) is 5.02 Å². The lowest BCUT2D eigenvalue weighted by Gasteiger charge is -2.21. The lowest BCUT2D eigenvalue weighted by molar-refractivity contribution is -0.120. The number of fused-ring (bicyclic) bond motifs is 1. The number of hydrogen-bond donors (Lipinski definition) is 0. The Kier molecular flexibility index (Phi) is 6.85. The van der Waals surface area contributed by atoms with Crippen LogP contribution >= 0.6 is 22.9 Å². The number of benzene rings is 2. The van der Waals surface area contributed by atoms with Crippen molar-refractivity contribution in [1.82, 2.24) is 14.8 Å².